The molecule has 230 valence electrons. The lowest BCUT2D eigenvalue weighted by molar-refractivity contribution is 0.476. The highest BCUT2D eigenvalue weighted by Gasteiger charge is 2.23. The zero-order chi connectivity index (χ0) is 32.5. The summed E-state index contributed by atoms with van der Waals surface area (Å²) in [6.45, 7) is 2.19. The predicted molar refractivity (Wildman–Crippen MR) is 197 cm³/mol. The molecule has 0 aliphatic carbocycles. The molecule has 4 heteroatoms. The molecule has 0 amide bonds. The third-order valence-corrected chi connectivity index (χ3v) is 9.05. The highest BCUT2D eigenvalue weighted by molar-refractivity contribution is 5.96. The van der Waals surface area contributed by atoms with Gasteiger partial charge in [0.1, 0.15) is 11.6 Å². The van der Waals surface area contributed by atoms with Gasteiger partial charge in [-0.3, -0.25) is 4.98 Å². The molecule has 48 heavy (non-hydrogen) atoms. The van der Waals surface area contributed by atoms with E-state index in [9.17, 15) is 5.11 Å². The van der Waals surface area contributed by atoms with Crippen molar-refractivity contribution in [3.05, 3.63) is 176 Å². The van der Waals surface area contributed by atoms with Crippen LogP contribution in [0.15, 0.2) is 170 Å². The van der Waals surface area contributed by atoms with Gasteiger partial charge in [0.25, 0.3) is 0 Å². The molecule has 0 radical (unpaired) electrons. The quantitative estimate of drug-likeness (QED) is 0.193. The minimum atomic E-state index is -0.0304. The van der Waals surface area contributed by atoms with Crippen molar-refractivity contribution in [3.8, 4) is 61.8 Å². The Balaban J connectivity index is 1.36. The maximum atomic E-state index is 11.0. The molecule has 8 rings (SSSR count). The van der Waals surface area contributed by atoms with Gasteiger partial charge in [-0.1, -0.05) is 115 Å². The molecule has 0 saturated carbocycles. The number of phenolic OH excluding ortho intramolecular Hbond substituents is 1. The SMILES string of the molecule is CC(c1ccccc1)n1c(-c2ccccc2O)nc2c(-c3cc(-c4ccccc4)cc(-c4cc(-c5ccccc5)ccn4)c3)cccc21. The van der Waals surface area contributed by atoms with Gasteiger partial charge in [-0.25, -0.2) is 4.98 Å². The summed E-state index contributed by atoms with van der Waals surface area (Å²) >= 11 is 0. The van der Waals surface area contributed by atoms with Crippen LogP contribution in [0.2, 0.25) is 0 Å². The second-order valence-corrected chi connectivity index (χ2v) is 12.0. The Morgan fingerprint density at radius 2 is 1.12 bits per heavy atom. The molecule has 0 bridgehead atoms. The van der Waals surface area contributed by atoms with Crippen LogP contribution in [0.3, 0.4) is 0 Å². The highest BCUT2D eigenvalue weighted by Crippen LogP contribution is 2.40. The summed E-state index contributed by atoms with van der Waals surface area (Å²) < 4.78 is 2.25. The summed E-state index contributed by atoms with van der Waals surface area (Å²) in [5, 5.41) is 11.0. The second-order valence-electron chi connectivity index (χ2n) is 12.0. The molecule has 4 nitrogen and oxygen atoms in total. The van der Waals surface area contributed by atoms with Gasteiger partial charge in [0.2, 0.25) is 0 Å². The molecule has 8 aromatic rings. The Labute approximate surface area is 280 Å². The first-order chi connectivity index (χ1) is 23.6. The molecule has 1 atom stereocenters. The van der Waals surface area contributed by atoms with E-state index in [1.54, 1.807) is 6.07 Å². The van der Waals surface area contributed by atoms with Gasteiger partial charge in [0.05, 0.1) is 28.3 Å². The zero-order valence-corrected chi connectivity index (χ0v) is 26.5. The van der Waals surface area contributed by atoms with Crippen LogP contribution in [0.25, 0.3) is 67.1 Å². The van der Waals surface area contributed by atoms with Gasteiger partial charge in [-0.2, -0.15) is 0 Å². The molecule has 1 unspecified atom stereocenters. The molecule has 0 saturated heterocycles. The number of fused-ring (bicyclic) bond motifs is 1. The van der Waals surface area contributed by atoms with Crippen molar-refractivity contribution >= 4 is 11.0 Å². The molecule has 0 aliphatic rings. The van der Waals surface area contributed by atoms with Crippen LogP contribution < -0.4 is 0 Å². The van der Waals surface area contributed by atoms with E-state index in [1.165, 1.54) is 0 Å². The van der Waals surface area contributed by atoms with Gasteiger partial charge < -0.3 is 9.67 Å². The van der Waals surface area contributed by atoms with E-state index in [-0.39, 0.29) is 11.8 Å². The van der Waals surface area contributed by atoms with E-state index in [4.69, 9.17) is 9.97 Å². The van der Waals surface area contributed by atoms with Crippen LogP contribution >= 0.6 is 0 Å². The van der Waals surface area contributed by atoms with Crippen LogP contribution in [0, 0.1) is 0 Å². The number of phenols is 1. The molecular formula is C44H33N3O. The first-order valence-electron chi connectivity index (χ1n) is 16.2. The van der Waals surface area contributed by atoms with Crippen molar-refractivity contribution in [2.45, 2.75) is 13.0 Å². The normalized spacial score (nSPS) is 11.9. The van der Waals surface area contributed by atoms with Crippen molar-refractivity contribution in [1.82, 2.24) is 14.5 Å². The van der Waals surface area contributed by atoms with E-state index in [2.05, 4.69) is 133 Å². The van der Waals surface area contributed by atoms with E-state index in [0.717, 1.165) is 67.1 Å². The van der Waals surface area contributed by atoms with E-state index >= 15 is 0 Å². The second kappa shape index (κ2) is 12.5. The molecule has 6 aromatic carbocycles. The lowest BCUT2D eigenvalue weighted by Crippen LogP contribution is -2.08. The summed E-state index contributed by atoms with van der Waals surface area (Å²) in [5.74, 6) is 0.928. The summed E-state index contributed by atoms with van der Waals surface area (Å²) in [6.07, 6.45) is 1.89. The highest BCUT2D eigenvalue weighted by atomic mass is 16.3. The molecule has 0 spiro atoms. The average molecular weight is 620 g/mol. The number of aromatic nitrogens is 3. The number of benzene rings is 6. The summed E-state index contributed by atoms with van der Waals surface area (Å²) in [7, 11) is 0. The van der Waals surface area contributed by atoms with Crippen molar-refractivity contribution in [3.63, 3.8) is 0 Å². The fourth-order valence-electron chi connectivity index (χ4n) is 6.60. The minimum absolute atomic E-state index is 0.0304. The molecule has 2 aromatic heterocycles. The third kappa shape index (κ3) is 5.44. The summed E-state index contributed by atoms with van der Waals surface area (Å²) in [6, 6.07) is 56.0. The number of para-hydroxylation sites is 2. The van der Waals surface area contributed by atoms with Crippen molar-refractivity contribution in [1.29, 1.82) is 0 Å². The van der Waals surface area contributed by atoms with Gasteiger partial charge in [-0.05, 0) is 88.8 Å². The fraction of sp³-hybridized carbons (Fsp3) is 0.0455. The van der Waals surface area contributed by atoms with Crippen LogP contribution in [-0.4, -0.2) is 19.6 Å². The lowest BCUT2D eigenvalue weighted by atomic mass is 9.93. The first-order valence-corrected chi connectivity index (χ1v) is 16.2. The first kappa shape index (κ1) is 29.2. The maximum absolute atomic E-state index is 11.0. The number of nitrogens with zero attached hydrogens (tertiary/aromatic N) is 3. The van der Waals surface area contributed by atoms with Crippen molar-refractivity contribution in [2.75, 3.05) is 0 Å². The Kier molecular flexibility index (Phi) is 7.60. The number of hydrogen-bond donors (Lipinski definition) is 1. The van der Waals surface area contributed by atoms with Crippen molar-refractivity contribution < 1.29 is 5.11 Å². The van der Waals surface area contributed by atoms with Gasteiger partial charge in [0, 0.05) is 17.3 Å². The number of imidazole rings is 1. The van der Waals surface area contributed by atoms with Crippen LogP contribution in [0.5, 0.6) is 5.75 Å². The predicted octanol–water partition coefficient (Wildman–Crippen LogP) is 11.1. The van der Waals surface area contributed by atoms with E-state index < -0.39 is 0 Å². The smallest absolute Gasteiger partial charge is 0.145 e. The van der Waals surface area contributed by atoms with Gasteiger partial charge >= 0.3 is 0 Å². The average Bonchev–Trinajstić information content (AvgIpc) is 3.55. The van der Waals surface area contributed by atoms with Crippen LogP contribution in [0.4, 0.5) is 0 Å². The Morgan fingerprint density at radius 1 is 0.521 bits per heavy atom. The summed E-state index contributed by atoms with van der Waals surface area (Å²) in [5.41, 5.74) is 12.2. The molecular weight excluding hydrogens is 587 g/mol. The topological polar surface area (TPSA) is 50.9 Å². The van der Waals surface area contributed by atoms with E-state index in [1.807, 2.05) is 42.6 Å². The Bertz CT molecular complexity index is 2360. The van der Waals surface area contributed by atoms with Gasteiger partial charge in [0.15, 0.2) is 0 Å². The molecule has 1 N–H and O–H groups in total. The van der Waals surface area contributed by atoms with Gasteiger partial charge in [-0.15, -0.1) is 0 Å². The standard InChI is InChI=1S/C44H33N3O/c1-30(31-14-5-2-6-15-31)47-41-22-13-21-38(43(41)46-44(47)39-20-11-12-23-42(39)48)36-26-35(33-18-9-4-10-19-33)27-37(28-36)40-29-34(24-25-45-40)32-16-7-3-8-17-32/h2-30,48H,1H3. The lowest BCUT2D eigenvalue weighted by Gasteiger charge is -2.19. The van der Waals surface area contributed by atoms with E-state index in [0.29, 0.717) is 5.56 Å². The van der Waals surface area contributed by atoms with Crippen molar-refractivity contribution in [2.24, 2.45) is 0 Å². The van der Waals surface area contributed by atoms with Crippen LogP contribution in [0.1, 0.15) is 18.5 Å². The molecule has 0 aliphatic heterocycles. The van der Waals surface area contributed by atoms with Crippen LogP contribution in [-0.2, 0) is 0 Å². The number of pyridine rings is 1. The number of hydrogen-bond acceptors (Lipinski definition) is 3. The summed E-state index contributed by atoms with van der Waals surface area (Å²) in [4.78, 5) is 10.2. The third-order valence-electron chi connectivity index (χ3n) is 9.05. The number of aromatic hydroxyl groups is 1. The monoisotopic (exact) mass is 619 g/mol. The number of rotatable bonds is 7. The zero-order valence-electron chi connectivity index (χ0n) is 26.5. The fourth-order valence-corrected chi connectivity index (χ4v) is 6.60. The minimum Gasteiger partial charge on any atom is -0.507 e. The maximum Gasteiger partial charge on any atom is 0.145 e. The largest absolute Gasteiger partial charge is 0.507 e. The Morgan fingerprint density at radius 3 is 1.85 bits per heavy atom. The molecule has 2 heterocycles. The molecule has 0 fully saturated rings. The Hall–Kier alpha value is -6.26.